The normalized spacial score (nSPS) is 14.3. The van der Waals surface area contributed by atoms with Gasteiger partial charge in [0.1, 0.15) is 0 Å². The molecule has 26 heavy (non-hydrogen) atoms. The van der Waals surface area contributed by atoms with Crippen molar-refractivity contribution in [3.63, 3.8) is 0 Å². The molecular formula is C24H22N2. The maximum Gasteiger partial charge on any atom is 0.0568 e. The molecule has 0 bridgehead atoms. The Kier molecular flexibility index (Phi) is 4.40. The van der Waals surface area contributed by atoms with Crippen LogP contribution in [0, 0.1) is 0 Å². The lowest BCUT2D eigenvalue weighted by molar-refractivity contribution is 1.26. The van der Waals surface area contributed by atoms with Crippen LogP contribution in [-0.4, -0.2) is 6.21 Å². The molecule has 4 rings (SSSR count). The molecule has 2 heteroatoms. The van der Waals surface area contributed by atoms with Crippen molar-refractivity contribution in [2.45, 2.75) is 20.3 Å². The molecule has 1 aliphatic rings. The van der Waals surface area contributed by atoms with E-state index in [4.69, 9.17) is 0 Å². The quantitative estimate of drug-likeness (QED) is 0.431. The molecule has 2 nitrogen and oxygen atoms in total. The molecule has 1 aliphatic carbocycles. The van der Waals surface area contributed by atoms with Crippen LogP contribution in [0.2, 0.25) is 0 Å². The summed E-state index contributed by atoms with van der Waals surface area (Å²) < 4.78 is 0. The second-order valence-corrected chi connectivity index (χ2v) is 6.85. The monoisotopic (exact) mass is 338 g/mol. The largest absolute Gasteiger partial charge is 0.278 e. The number of nitrogens with one attached hydrogen (secondary N) is 1. The van der Waals surface area contributed by atoms with Crippen molar-refractivity contribution < 1.29 is 0 Å². The van der Waals surface area contributed by atoms with Crippen LogP contribution in [0.4, 0.5) is 5.69 Å². The van der Waals surface area contributed by atoms with Crippen LogP contribution in [0.3, 0.4) is 0 Å². The third-order valence-corrected chi connectivity index (χ3v) is 4.83. The van der Waals surface area contributed by atoms with Gasteiger partial charge in [0.25, 0.3) is 0 Å². The zero-order valence-corrected chi connectivity index (χ0v) is 15.2. The van der Waals surface area contributed by atoms with Crippen LogP contribution in [-0.2, 0) is 0 Å². The Labute approximate surface area is 154 Å². The Bertz CT molecular complexity index is 1050. The summed E-state index contributed by atoms with van der Waals surface area (Å²) in [5.41, 5.74) is 10.7. The SMILES string of the molecule is CC1=CC(C)=C(c2ccccc2/C=N/Nc2ccc3ccccc3c2)C1. The van der Waals surface area contributed by atoms with E-state index in [1.54, 1.807) is 0 Å². The third-order valence-electron chi connectivity index (χ3n) is 4.83. The lowest BCUT2D eigenvalue weighted by Crippen LogP contribution is -1.95. The minimum absolute atomic E-state index is 0.992. The summed E-state index contributed by atoms with van der Waals surface area (Å²) in [6.45, 7) is 4.38. The van der Waals surface area contributed by atoms with Gasteiger partial charge in [-0.25, -0.2) is 0 Å². The highest BCUT2D eigenvalue weighted by molar-refractivity contribution is 5.91. The Balaban J connectivity index is 1.56. The van der Waals surface area contributed by atoms with E-state index in [1.807, 2.05) is 6.21 Å². The van der Waals surface area contributed by atoms with E-state index in [9.17, 15) is 0 Å². The Morgan fingerprint density at radius 2 is 1.65 bits per heavy atom. The molecule has 128 valence electrons. The first-order chi connectivity index (χ1) is 12.7. The van der Waals surface area contributed by atoms with Crippen molar-refractivity contribution in [3.05, 3.63) is 95.1 Å². The predicted octanol–water partition coefficient (Wildman–Crippen LogP) is 6.41. The molecule has 0 spiro atoms. The number of nitrogens with zero attached hydrogens (tertiary/aromatic N) is 1. The molecule has 0 heterocycles. The Morgan fingerprint density at radius 3 is 2.46 bits per heavy atom. The second kappa shape index (κ2) is 7.01. The van der Waals surface area contributed by atoms with Crippen molar-refractivity contribution in [3.8, 4) is 0 Å². The zero-order chi connectivity index (χ0) is 17.9. The van der Waals surface area contributed by atoms with Gasteiger partial charge in [0.2, 0.25) is 0 Å². The number of fused-ring (bicyclic) bond motifs is 1. The van der Waals surface area contributed by atoms with Crippen LogP contribution in [0.25, 0.3) is 16.3 Å². The van der Waals surface area contributed by atoms with Gasteiger partial charge in [-0.3, -0.25) is 5.43 Å². The van der Waals surface area contributed by atoms with E-state index in [2.05, 4.69) is 97.2 Å². The van der Waals surface area contributed by atoms with Gasteiger partial charge in [-0.05, 0) is 59.9 Å². The van der Waals surface area contributed by atoms with Crippen molar-refractivity contribution in [2.75, 3.05) is 5.43 Å². The predicted molar refractivity (Wildman–Crippen MR) is 113 cm³/mol. The van der Waals surface area contributed by atoms with Gasteiger partial charge in [0.05, 0.1) is 11.9 Å². The first-order valence-electron chi connectivity index (χ1n) is 8.95. The van der Waals surface area contributed by atoms with Crippen LogP contribution < -0.4 is 5.43 Å². The zero-order valence-electron chi connectivity index (χ0n) is 15.2. The molecular weight excluding hydrogens is 316 g/mol. The first-order valence-corrected chi connectivity index (χ1v) is 8.95. The fraction of sp³-hybridized carbons (Fsp3) is 0.125. The average Bonchev–Trinajstić information content (AvgIpc) is 3.00. The van der Waals surface area contributed by atoms with Crippen molar-refractivity contribution in [1.82, 2.24) is 0 Å². The van der Waals surface area contributed by atoms with Crippen LogP contribution in [0.5, 0.6) is 0 Å². The van der Waals surface area contributed by atoms with Crippen LogP contribution in [0.1, 0.15) is 31.4 Å². The van der Waals surface area contributed by atoms with E-state index in [1.165, 1.54) is 33.1 Å². The molecule has 0 atom stereocenters. The summed E-state index contributed by atoms with van der Waals surface area (Å²) in [5.74, 6) is 0. The number of anilines is 1. The van der Waals surface area contributed by atoms with Crippen molar-refractivity contribution in [2.24, 2.45) is 5.10 Å². The van der Waals surface area contributed by atoms with Gasteiger partial charge in [-0.2, -0.15) is 5.10 Å². The molecule has 0 amide bonds. The second-order valence-electron chi connectivity index (χ2n) is 6.85. The van der Waals surface area contributed by atoms with E-state index >= 15 is 0 Å². The Morgan fingerprint density at radius 1 is 0.885 bits per heavy atom. The first kappa shape index (κ1) is 16.3. The summed E-state index contributed by atoms with van der Waals surface area (Å²) in [5, 5.41) is 6.92. The molecule has 0 radical (unpaired) electrons. The topological polar surface area (TPSA) is 24.4 Å². The molecule has 0 aromatic heterocycles. The molecule has 3 aromatic rings. The number of benzene rings is 3. The van der Waals surface area contributed by atoms with Crippen molar-refractivity contribution >= 4 is 28.2 Å². The number of hydrogen-bond acceptors (Lipinski definition) is 2. The van der Waals surface area contributed by atoms with Gasteiger partial charge in [-0.15, -0.1) is 0 Å². The minimum Gasteiger partial charge on any atom is -0.278 e. The minimum atomic E-state index is 0.992. The molecule has 1 N–H and O–H groups in total. The summed E-state index contributed by atoms with van der Waals surface area (Å²) >= 11 is 0. The van der Waals surface area contributed by atoms with Gasteiger partial charge in [0, 0.05) is 5.56 Å². The highest BCUT2D eigenvalue weighted by Crippen LogP contribution is 2.34. The van der Waals surface area contributed by atoms with Crippen LogP contribution >= 0.6 is 0 Å². The van der Waals surface area contributed by atoms with Gasteiger partial charge in [0.15, 0.2) is 0 Å². The number of hydrazone groups is 1. The van der Waals surface area contributed by atoms with Crippen molar-refractivity contribution in [1.29, 1.82) is 0 Å². The molecule has 0 aliphatic heterocycles. The molecule has 0 fully saturated rings. The summed E-state index contributed by atoms with van der Waals surface area (Å²) in [7, 11) is 0. The van der Waals surface area contributed by atoms with E-state index < -0.39 is 0 Å². The fourth-order valence-electron chi connectivity index (χ4n) is 3.55. The van der Waals surface area contributed by atoms with Gasteiger partial charge >= 0.3 is 0 Å². The highest BCUT2D eigenvalue weighted by Gasteiger charge is 2.14. The highest BCUT2D eigenvalue weighted by atomic mass is 15.3. The van der Waals surface area contributed by atoms with Crippen LogP contribution in [0.15, 0.2) is 89.1 Å². The smallest absolute Gasteiger partial charge is 0.0568 e. The lowest BCUT2D eigenvalue weighted by Gasteiger charge is -2.09. The van der Waals surface area contributed by atoms with E-state index in [0.717, 1.165) is 17.7 Å². The molecule has 0 unspecified atom stereocenters. The molecule has 3 aromatic carbocycles. The fourth-order valence-corrected chi connectivity index (χ4v) is 3.55. The molecule has 0 saturated heterocycles. The maximum atomic E-state index is 4.48. The standard InChI is InChI=1S/C24H22N2/c1-17-13-18(2)24(14-17)23-10-6-5-9-21(23)16-25-26-22-12-11-19-7-3-4-8-20(19)15-22/h3-13,15-16,26H,14H2,1-2H3/b25-16+. The summed E-state index contributed by atoms with van der Waals surface area (Å²) in [6.07, 6.45) is 5.21. The number of hydrogen-bond donors (Lipinski definition) is 1. The van der Waals surface area contributed by atoms with E-state index in [0.29, 0.717) is 0 Å². The lowest BCUT2D eigenvalue weighted by atomic mass is 9.96. The van der Waals surface area contributed by atoms with E-state index in [-0.39, 0.29) is 0 Å². The van der Waals surface area contributed by atoms with Gasteiger partial charge in [-0.1, -0.05) is 66.2 Å². The average molecular weight is 338 g/mol. The third kappa shape index (κ3) is 3.31. The molecule has 0 saturated carbocycles. The number of allylic oxidation sites excluding steroid dienone is 4. The Hall–Kier alpha value is -3.13. The maximum absolute atomic E-state index is 4.48. The van der Waals surface area contributed by atoms with Gasteiger partial charge < -0.3 is 0 Å². The number of rotatable bonds is 4. The summed E-state index contributed by atoms with van der Waals surface area (Å²) in [6, 6.07) is 23.1. The summed E-state index contributed by atoms with van der Waals surface area (Å²) in [4.78, 5) is 0.